The first-order chi connectivity index (χ1) is 8.44. The molecule has 19 heavy (non-hydrogen) atoms. The van der Waals surface area contributed by atoms with E-state index in [2.05, 4.69) is 61.7 Å². The molecule has 0 atom stereocenters. The number of pyridine rings is 1. The third-order valence-electron chi connectivity index (χ3n) is 3.68. The van der Waals surface area contributed by atoms with Crippen LogP contribution in [0.5, 0.6) is 0 Å². The Hall–Kier alpha value is -0.760. The number of aromatic nitrogens is 1. The van der Waals surface area contributed by atoms with Gasteiger partial charge in [-0.3, -0.25) is 0 Å². The molecule has 0 N–H and O–H groups in total. The summed E-state index contributed by atoms with van der Waals surface area (Å²) in [7, 11) is 0. The van der Waals surface area contributed by atoms with Gasteiger partial charge in [0.25, 0.3) is 0 Å². The van der Waals surface area contributed by atoms with Gasteiger partial charge < -0.3 is 17.3 Å². The van der Waals surface area contributed by atoms with Crippen molar-refractivity contribution in [2.45, 2.75) is 47.1 Å². The van der Waals surface area contributed by atoms with Crippen LogP contribution in [0, 0.1) is 11.3 Å². The predicted octanol–water partition coefficient (Wildman–Crippen LogP) is 0.261. The number of piperidine rings is 1. The molecule has 1 aromatic heterocycles. The van der Waals surface area contributed by atoms with Crippen molar-refractivity contribution in [3.8, 4) is 0 Å². The second kappa shape index (κ2) is 6.60. The summed E-state index contributed by atoms with van der Waals surface area (Å²) in [6, 6.07) is 4.53. The predicted molar refractivity (Wildman–Crippen MR) is 76.7 cm³/mol. The highest BCUT2D eigenvalue weighted by Crippen LogP contribution is 2.22. The molecular formula is C16H27ClN2. The largest absolute Gasteiger partial charge is 1.00 e. The topological polar surface area (TPSA) is 7.12 Å². The molecule has 1 aliphatic rings. The van der Waals surface area contributed by atoms with E-state index in [9.17, 15) is 0 Å². The molecule has 2 rings (SSSR count). The summed E-state index contributed by atoms with van der Waals surface area (Å²) < 4.78 is 2.29. The van der Waals surface area contributed by atoms with Gasteiger partial charge in [-0.15, -0.1) is 0 Å². The average molecular weight is 283 g/mol. The van der Waals surface area contributed by atoms with Crippen molar-refractivity contribution in [1.82, 2.24) is 0 Å². The second-order valence-electron chi connectivity index (χ2n) is 6.96. The fraction of sp³-hybridized carbons (Fsp3) is 0.688. The highest BCUT2D eigenvalue weighted by Gasteiger charge is 2.19. The third-order valence-corrected chi connectivity index (χ3v) is 3.68. The van der Waals surface area contributed by atoms with Crippen molar-refractivity contribution in [1.29, 1.82) is 0 Å². The maximum atomic E-state index is 2.52. The van der Waals surface area contributed by atoms with Gasteiger partial charge >= 0.3 is 0 Å². The maximum absolute atomic E-state index is 2.52. The van der Waals surface area contributed by atoms with Crippen LogP contribution in [0.15, 0.2) is 24.5 Å². The van der Waals surface area contributed by atoms with Gasteiger partial charge in [0.2, 0.25) is 0 Å². The first-order valence-electron chi connectivity index (χ1n) is 7.18. The monoisotopic (exact) mass is 282 g/mol. The molecule has 1 fully saturated rings. The van der Waals surface area contributed by atoms with E-state index in [1.54, 1.807) is 0 Å². The lowest BCUT2D eigenvalue weighted by molar-refractivity contribution is -0.708. The van der Waals surface area contributed by atoms with Gasteiger partial charge in [0.1, 0.15) is 0 Å². The van der Waals surface area contributed by atoms with E-state index in [-0.39, 0.29) is 12.4 Å². The van der Waals surface area contributed by atoms with E-state index in [0.29, 0.717) is 5.41 Å². The highest BCUT2D eigenvalue weighted by molar-refractivity contribution is 5.44. The summed E-state index contributed by atoms with van der Waals surface area (Å²) in [4.78, 5) is 2.52. The Kier molecular flexibility index (Phi) is 5.66. The number of hydrogen-bond acceptors (Lipinski definition) is 1. The minimum atomic E-state index is 0. The van der Waals surface area contributed by atoms with E-state index < -0.39 is 0 Å². The fourth-order valence-electron chi connectivity index (χ4n) is 2.58. The van der Waals surface area contributed by atoms with Gasteiger partial charge in [-0.25, -0.2) is 4.57 Å². The Morgan fingerprint density at radius 1 is 1.16 bits per heavy atom. The Morgan fingerprint density at radius 3 is 2.16 bits per heavy atom. The van der Waals surface area contributed by atoms with Gasteiger partial charge in [-0.1, -0.05) is 27.7 Å². The van der Waals surface area contributed by atoms with Gasteiger partial charge in [-0.05, 0) is 18.8 Å². The molecule has 1 aromatic rings. The van der Waals surface area contributed by atoms with Crippen molar-refractivity contribution < 1.29 is 17.0 Å². The van der Waals surface area contributed by atoms with Crippen LogP contribution in [0.1, 0.15) is 40.5 Å². The molecule has 1 aliphatic heterocycles. The molecule has 0 amide bonds. The zero-order valence-corrected chi connectivity index (χ0v) is 13.5. The molecular weight excluding hydrogens is 256 g/mol. The van der Waals surface area contributed by atoms with E-state index in [1.807, 2.05) is 0 Å². The SMILES string of the molecule is CC1CCN(c2cc[n+](CC(C)(C)C)cc2)CC1.[Cl-]. The molecule has 0 saturated carbocycles. The Bertz CT molecular complexity index is 373. The summed E-state index contributed by atoms with van der Waals surface area (Å²) in [5.41, 5.74) is 1.72. The lowest BCUT2D eigenvalue weighted by atomic mass is 9.97. The number of nitrogens with zero attached hydrogens (tertiary/aromatic N) is 2. The lowest BCUT2D eigenvalue weighted by Crippen LogP contribution is -3.00. The highest BCUT2D eigenvalue weighted by atomic mass is 35.5. The molecule has 2 heterocycles. The number of hydrogen-bond donors (Lipinski definition) is 0. The van der Waals surface area contributed by atoms with Crippen LogP contribution in [-0.4, -0.2) is 13.1 Å². The van der Waals surface area contributed by atoms with E-state index in [4.69, 9.17) is 0 Å². The Morgan fingerprint density at radius 2 is 1.68 bits per heavy atom. The van der Waals surface area contributed by atoms with Crippen molar-refractivity contribution in [2.75, 3.05) is 18.0 Å². The molecule has 1 saturated heterocycles. The third kappa shape index (κ3) is 5.02. The van der Waals surface area contributed by atoms with Gasteiger partial charge in [0.15, 0.2) is 18.9 Å². The minimum Gasteiger partial charge on any atom is -1.00 e. The normalized spacial score (nSPS) is 17.2. The average Bonchev–Trinajstić information content (AvgIpc) is 2.29. The molecule has 3 heteroatoms. The summed E-state index contributed by atoms with van der Waals surface area (Å²) in [5.74, 6) is 0.899. The standard InChI is InChI=1S/C16H27N2.ClH/c1-14-5-11-18(12-6-14)15-7-9-17(10-8-15)13-16(2,3)4;/h7-10,14H,5-6,11-13H2,1-4H3;1H/q+1;/p-1. The minimum absolute atomic E-state index is 0. The second-order valence-corrected chi connectivity index (χ2v) is 6.96. The molecule has 2 nitrogen and oxygen atoms in total. The molecule has 0 radical (unpaired) electrons. The first kappa shape index (κ1) is 16.3. The number of rotatable bonds is 2. The van der Waals surface area contributed by atoms with E-state index in [1.165, 1.54) is 31.6 Å². The first-order valence-corrected chi connectivity index (χ1v) is 7.18. The van der Waals surface area contributed by atoms with Crippen molar-refractivity contribution in [3.05, 3.63) is 24.5 Å². The fourth-order valence-corrected chi connectivity index (χ4v) is 2.58. The van der Waals surface area contributed by atoms with Gasteiger partial charge in [-0.2, -0.15) is 0 Å². The summed E-state index contributed by atoms with van der Waals surface area (Å²) in [5, 5.41) is 0. The zero-order chi connectivity index (χ0) is 13.2. The van der Waals surface area contributed by atoms with Crippen molar-refractivity contribution in [3.63, 3.8) is 0 Å². The summed E-state index contributed by atoms with van der Waals surface area (Å²) >= 11 is 0. The van der Waals surface area contributed by atoms with Gasteiger partial charge in [0, 0.05) is 36.3 Å². The van der Waals surface area contributed by atoms with Crippen LogP contribution < -0.4 is 21.9 Å². The molecule has 0 aliphatic carbocycles. The van der Waals surface area contributed by atoms with Crippen LogP contribution >= 0.6 is 0 Å². The van der Waals surface area contributed by atoms with Crippen LogP contribution in [0.25, 0.3) is 0 Å². The smallest absolute Gasteiger partial charge is 0.170 e. The van der Waals surface area contributed by atoms with Crippen LogP contribution in [0.2, 0.25) is 0 Å². The molecule has 0 aromatic carbocycles. The lowest BCUT2D eigenvalue weighted by Gasteiger charge is -2.31. The quantitative estimate of drug-likeness (QED) is 0.706. The summed E-state index contributed by atoms with van der Waals surface area (Å²) in [6.07, 6.45) is 7.10. The Balaban J connectivity index is 0.00000180. The van der Waals surface area contributed by atoms with Crippen molar-refractivity contribution >= 4 is 5.69 Å². The molecule has 0 bridgehead atoms. The Labute approximate surface area is 124 Å². The van der Waals surface area contributed by atoms with Gasteiger partial charge in [0.05, 0.1) is 0 Å². The van der Waals surface area contributed by atoms with Crippen LogP contribution in [0.3, 0.4) is 0 Å². The van der Waals surface area contributed by atoms with Crippen LogP contribution in [-0.2, 0) is 6.54 Å². The van der Waals surface area contributed by atoms with Crippen molar-refractivity contribution in [2.24, 2.45) is 11.3 Å². The molecule has 0 unspecified atom stereocenters. The maximum Gasteiger partial charge on any atom is 0.170 e. The molecule has 108 valence electrons. The number of halogens is 1. The van der Waals surface area contributed by atoms with E-state index >= 15 is 0 Å². The summed E-state index contributed by atoms with van der Waals surface area (Å²) in [6.45, 7) is 12.7. The zero-order valence-electron chi connectivity index (χ0n) is 12.7. The molecule has 0 spiro atoms. The van der Waals surface area contributed by atoms with E-state index in [0.717, 1.165) is 12.5 Å². The van der Waals surface area contributed by atoms with Crippen LogP contribution in [0.4, 0.5) is 5.69 Å². The number of anilines is 1.